The highest BCUT2D eigenvalue weighted by atomic mass is 15.3. The zero-order chi connectivity index (χ0) is 15.4. The molecule has 0 radical (unpaired) electrons. The van der Waals surface area contributed by atoms with Crippen LogP contribution in [0.2, 0.25) is 0 Å². The fourth-order valence-electron chi connectivity index (χ4n) is 2.88. The lowest BCUT2D eigenvalue weighted by atomic mass is 9.96. The minimum atomic E-state index is 0.504. The van der Waals surface area contributed by atoms with Crippen molar-refractivity contribution < 1.29 is 0 Å². The molecule has 1 atom stereocenters. The quantitative estimate of drug-likeness (QED) is 0.882. The van der Waals surface area contributed by atoms with E-state index in [1.165, 1.54) is 12.8 Å². The van der Waals surface area contributed by atoms with Gasteiger partial charge in [0.25, 0.3) is 0 Å². The zero-order valence-corrected chi connectivity index (χ0v) is 13.3. The number of hydrogen-bond acceptors (Lipinski definition) is 5. The largest absolute Gasteiger partial charge is 0.368 e. The summed E-state index contributed by atoms with van der Waals surface area (Å²) in [5, 5.41) is 11.2. The molecule has 0 spiro atoms. The van der Waals surface area contributed by atoms with Crippen molar-refractivity contribution in [3.63, 3.8) is 0 Å². The van der Waals surface area contributed by atoms with Gasteiger partial charge in [-0.15, -0.1) is 0 Å². The second kappa shape index (κ2) is 6.87. The van der Waals surface area contributed by atoms with E-state index in [1.54, 1.807) is 0 Å². The van der Waals surface area contributed by atoms with E-state index in [0.29, 0.717) is 5.92 Å². The normalized spacial score (nSPS) is 18.4. The number of piperidine rings is 1. The van der Waals surface area contributed by atoms with Gasteiger partial charge in [-0.1, -0.05) is 0 Å². The van der Waals surface area contributed by atoms with E-state index < -0.39 is 0 Å². The predicted molar refractivity (Wildman–Crippen MR) is 87.1 cm³/mol. The fraction of sp³-hybridized carbons (Fsp3) is 0.562. The van der Waals surface area contributed by atoms with Crippen molar-refractivity contribution in [2.45, 2.75) is 39.2 Å². The Kier molecular flexibility index (Phi) is 4.68. The smallest absolute Gasteiger partial charge is 0.129 e. The molecule has 22 heavy (non-hydrogen) atoms. The lowest BCUT2D eigenvalue weighted by molar-refractivity contribution is 0.453. The SMILES string of the molecule is Cc1ccn(CCNc2cc(C3CCCNC3)nc(C)n2)n1. The van der Waals surface area contributed by atoms with Crippen LogP contribution < -0.4 is 10.6 Å². The Morgan fingerprint density at radius 2 is 2.27 bits per heavy atom. The summed E-state index contributed by atoms with van der Waals surface area (Å²) in [6.07, 6.45) is 4.42. The molecule has 1 aliphatic rings. The van der Waals surface area contributed by atoms with Gasteiger partial charge in [0.2, 0.25) is 0 Å². The third-order valence-electron chi connectivity index (χ3n) is 3.99. The lowest BCUT2D eigenvalue weighted by Crippen LogP contribution is -2.29. The van der Waals surface area contributed by atoms with E-state index in [0.717, 1.165) is 49.2 Å². The molecule has 1 saturated heterocycles. The summed E-state index contributed by atoms with van der Waals surface area (Å²) >= 11 is 0. The van der Waals surface area contributed by atoms with E-state index in [4.69, 9.17) is 0 Å². The van der Waals surface area contributed by atoms with Gasteiger partial charge in [-0.25, -0.2) is 9.97 Å². The van der Waals surface area contributed by atoms with Gasteiger partial charge in [-0.2, -0.15) is 5.10 Å². The predicted octanol–water partition coefficient (Wildman–Crippen LogP) is 1.87. The first-order chi connectivity index (χ1) is 10.7. The summed E-state index contributed by atoms with van der Waals surface area (Å²) in [6.45, 7) is 7.73. The van der Waals surface area contributed by atoms with Crippen molar-refractivity contribution in [3.8, 4) is 0 Å². The zero-order valence-electron chi connectivity index (χ0n) is 13.3. The summed E-state index contributed by atoms with van der Waals surface area (Å²) < 4.78 is 1.95. The Hall–Kier alpha value is -1.95. The molecule has 2 aromatic rings. The van der Waals surface area contributed by atoms with E-state index in [1.807, 2.05) is 30.8 Å². The molecule has 0 saturated carbocycles. The molecule has 0 bridgehead atoms. The molecule has 3 rings (SSSR count). The van der Waals surface area contributed by atoms with E-state index in [2.05, 4.69) is 31.8 Å². The molecule has 1 fully saturated rings. The molecule has 0 aliphatic carbocycles. The van der Waals surface area contributed by atoms with Crippen LogP contribution in [0, 0.1) is 13.8 Å². The minimum absolute atomic E-state index is 0.504. The molecule has 3 heterocycles. The van der Waals surface area contributed by atoms with Gasteiger partial charge in [-0.3, -0.25) is 4.68 Å². The Bertz CT molecular complexity index is 615. The summed E-state index contributed by atoms with van der Waals surface area (Å²) in [7, 11) is 0. The van der Waals surface area contributed by atoms with Crippen molar-refractivity contribution in [2.75, 3.05) is 25.0 Å². The van der Waals surface area contributed by atoms with Gasteiger partial charge < -0.3 is 10.6 Å². The maximum atomic E-state index is 4.62. The topological polar surface area (TPSA) is 67.7 Å². The molecular formula is C16H24N6. The summed E-state index contributed by atoms with van der Waals surface area (Å²) in [6, 6.07) is 4.11. The second-order valence-corrected chi connectivity index (χ2v) is 5.92. The van der Waals surface area contributed by atoms with Crippen molar-refractivity contribution in [1.82, 2.24) is 25.1 Å². The number of nitrogens with one attached hydrogen (secondary N) is 2. The first-order valence-electron chi connectivity index (χ1n) is 8.01. The number of aryl methyl sites for hydroxylation is 2. The third kappa shape index (κ3) is 3.82. The van der Waals surface area contributed by atoms with E-state index in [-0.39, 0.29) is 0 Å². The molecule has 0 amide bonds. The summed E-state index contributed by atoms with van der Waals surface area (Å²) in [4.78, 5) is 9.11. The molecule has 6 nitrogen and oxygen atoms in total. The molecule has 1 aliphatic heterocycles. The molecule has 6 heteroatoms. The van der Waals surface area contributed by atoms with E-state index in [9.17, 15) is 0 Å². The van der Waals surface area contributed by atoms with Crippen LogP contribution in [0.3, 0.4) is 0 Å². The Balaban J connectivity index is 1.61. The number of anilines is 1. The van der Waals surface area contributed by atoms with Crippen molar-refractivity contribution >= 4 is 5.82 Å². The van der Waals surface area contributed by atoms with Crippen LogP contribution in [0.1, 0.15) is 36.0 Å². The monoisotopic (exact) mass is 300 g/mol. The first kappa shape index (κ1) is 15.0. The average Bonchev–Trinajstić information content (AvgIpc) is 2.93. The second-order valence-electron chi connectivity index (χ2n) is 5.92. The highest BCUT2D eigenvalue weighted by Gasteiger charge is 2.17. The third-order valence-corrected chi connectivity index (χ3v) is 3.99. The van der Waals surface area contributed by atoms with Crippen LogP contribution >= 0.6 is 0 Å². The summed E-state index contributed by atoms with van der Waals surface area (Å²) in [5.41, 5.74) is 2.20. The van der Waals surface area contributed by atoms with Crippen LogP contribution in [0.25, 0.3) is 0 Å². The first-order valence-corrected chi connectivity index (χ1v) is 8.01. The number of rotatable bonds is 5. The molecule has 1 unspecified atom stereocenters. The van der Waals surface area contributed by atoms with E-state index >= 15 is 0 Å². The van der Waals surface area contributed by atoms with Gasteiger partial charge in [0, 0.05) is 31.3 Å². The van der Waals surface area contributed by atoms with Crippen LogP contribution in [0.4, 0.5) is 5.82 Å². The average molecular weight is 300 g/mol. The van der Waals surface area contributed by atoms with Crippen LogP contribution in [-0.2, 0) is 6.54 Å². The number of aromatic nitrogens is 4. The molecular weight excluding hydrogens is 276 g/mol. The van der Waals surface area contributed by atoms with Gasteiger partial charge in [0.15, 0.2) is 0 Å². The number of hydrogen-bond donors (Lipinski definition) is 2. The standard InChI is InChI=1S/C16H24N6/c1-12-5-8-22(21-12)9-7-18-16-10-15(19-13(2)20-16)14-4-3-6-17-11-14/h5,8,10,14,17H,3-4,6-7,9,11H2,1-2H3,(H,18,19,20). The Morgan fingerprint density at radius 3 is 3.00 bits per heavy atom. The van der Waals surface area contributed by atoms with Crippen LogP contribution in [0.15, 0.2) is 18.3 Å². The Labute approximate surface area is 131 Å². The summed E-state index contributed by atoms with van der Waals surface area (Å²) in [5.74, 6) is 2.25. The minimum Gasteiger partial charge on any atom is -0.368 e. The van der Waals surface area contributed by atoms with Gasteiger partial charge >= 0.3 is 0 Å². The van der Waals surface area contributed by atoms with Crippen molar-refractivity contribution in [2.24, 2.45) is 0 Å². The molecule has 2 aromatic heterocycles. The Morgan fingerprint density at radius 1 is 1.36 bits per heavy atom. The van der Waals surface area contributed by atoms with Crippen molar-refractivity contribution in [1.29, 1.82) is 0 Å². The number of nitrogens with zero attached hydrogens (tertiary/aromatic N) is 4. The van der Waals surface area contributed by atoms with Gasteiger partial charge in [-0.05, 0) is 39.3 Å². The van der Waals surface area contributed by atoms with Gasteiger partial charge in [0.1, 0.15) is 11.6 Å². The highest BCUT2D eigenvalue weighted by Crippen LogP contribution is 2.23. The molecule has 118 valence electrons. The fourth-order valence-corrected chi connectivity index (χ4v) is 2.88. The lowest BCUT2D eigenvalue weighted by Gasteiger charge is -2.22. The van der Waals surface area contributed by atoms with Crippen LogP contribution in [-0.4, -0.2) is 39.4 Å². The highest BCUT2D eigenvalue weighted by molar-refractivity contribution is 5.37. The molecule has 2 N–H and O–H groups in total. The van der Waals surface area contributed by atoms with Crippen molar-refractivity contribution in [3.05, 3.63) is 35.5 Å². The maximum Gasteiger partial charge on any atom is 0.129 e. The van der Waals surface area contributed by atoms with Gasteiger partial charge in [0.05, 0.1) is 17.9 Å². The van der Waals surface area contributed by atoms with Crippen LogP contribution in [0.5, 0.6) is 0 Å². The molecule has 0 aromatic carbocycles. The maximum absolute atomic E-state index is 4.62.